The maximum atomic E-state index is 12.3. The third kappa shape index (κ3) is 5.35. The van der Waals surface area contributed by atoms with Crippen LogP contribution in [0.25, 0.3) is 0 Å². The van der Waals surface area contributed by atoms with E-state index in [2.05, 4.69) is 10.6 Å². The molecule has 0 spiro atoms. The molecule has 7 heteroatoms. The summed E-state index contributed by atoms with van der Waals surface area (Å²) in [6.45, 7) is 3.87. The number of likely N-dealkylation sites (tertiary alicyclic amines) is 1. The third-order valence-corrected chi connectivity index (χ3v) is 5.13. The van der Waals surface area contributed by atoms with E-state index in [1.165, 1.54) is 6.42 Å². The first-order valence-corrected chi connectivity index (χ1v) is 9.05. The summed E-state index contributed by atoms with van der Waals surface area (Å²) in [5, 5.41) is 6.34. The summed E-state index contributed by atoms with van der Waals surface area (Å²) < 4.78 is 5.15. The van der Waals surface area contributed by atoms with Crippen LogP contribution in [-0.2, 0) is 16.1 Å². The fourth-order valence-corrected chi connectivity index (χ4v) is 3.56. The molecule has 2 saturated heterocycles. The molecular weight excluding hydrogens is 354 g/mol. The zero-order valence-electron chi connectivity index (χ0n) is 15.2. The largest absolute Gasteiger partial charge is 0.497 e. The van der Waals surface area contributed by atoms with Gasteiger partial charge in [0.25, 0.3) is 0 Å². The van der Waals surface area contributed by atoms with E-state index in [1.807, 2.05) is 24.3 Å². The number of halogens is 1. The Morgan fingerprint density at radius 1 is 1.35 bits per heavy atom. The van der Waals surface area contributed by atoms with Gasteiger partial charge in [-0.25, -0.2) is 0 Å². The number of hydrogen-bond donors (Lipinski definition) is 2. The first kappa shape index (κ1) is 20.5. The van der Waals surface area contributed by atoms with Gasteiger partial charge in [-0.1, -0.05) is 12.1 Å². The lowest BCUT2D eigenvalue weighted by atomic mass is 10.0. The van der Waals surface area contributed by atoms with Crippen molar-refractivity contribution >= 4 is 24.2 Å². The third-order valence-electron chi connectivity index (χ3n) is 5.13. The zero-order valence-corrected chi connectivity index (χ0v) is 16.0. The van der Waals surface area contributed by atoms with Crippen molar-refractivity contribution in [2.24, 2.45) is 11.8 Å². The minimum Gasteiger partial charge on any atom is -0.497 e. The standard InChI is InChI=1S/C19H27N3O3.ClH/c1-25-17-4-2-15(3-5-17)12-22-13-16(10-18(22)23)19(24)21-9-7-14-6-8-20-11-14;/h2-5,14,16,20H,6-13H2,1H3,(H,21,24);1H. The molecule has 2 aliphatic heterocycles. The molecule has 1 aromatic carbocycles. The molecule has 144 valence electrons. The van der Waals surface area contributed by atoms with Crippen molar-refractivity contribution in [3.05, 3.63) is 29.8 Å². The molecule has 1 aromatic rings. The van der Waals surface area contributed by atoms with Crippen molar-refractivity contribution in [3.8, 4) is 5.75 Å². The maximum Gasteiger partial charge on any atom is 0.225 e. The van der Waals surface area contributed by atoms with Crippen LogP contribution in [0.3, 0.4) is 0 Å². The summed E-state index contributed by atoms with van der Waals surface area (Å²) in [5.41, 5.74) is 1.05. The second-order valence-corrected chi connectivity index (χ2v) is 6.96. The van der Waals surface area contributed by atoms with Gasteiger partial charge in [-0.3, -0.25) is 9.59 Å². The zero-order chi connectivity index (χ0) is 17.6. The molecule has 0 aromatic heterocycles. The Balaban J connectivity index is 0.00000243. The van der Waals surface area contributed by atoms with Crippen LogP contribution >= 0.6 is 12.4 Å². The molecule has 0 saturated carbocycles. The molecule has 2 fully saturated rings. The molecule has 2 amide bonds. The number of carbonyl (C=O) groups is 2. The van der Waals surface area contributed by atoms with Crippen LogP contribution in [0.5, 0.6) is 5.75 Å². The highest BCUT2D eigenvalue weighted by atomic mass is 35.5. The van der Waals surface area contributed by atoms with Crippen LogP contribution < -0.4 is 15.4 Å². The van der Waals surface area contributed by atoms with E-state index in [9.17, 15) is 9.59 Å². The van der Waals surface area contributed by atoms with Crippen LogP contribution in [-0.4, -0.2) is 50.0 Å². The van der Waals surface area contributed by atoms with Gasteiger partial charge in [0, 0.05) is 26.1 Å². The minimum atomic E-state index is -0.229. The van der Waals surface area contributed by atoms with Crippen LogP contribution in [0.1, 0.15) is 24.8 Å². The number of ether oxygens (including phenoxy) is 1. The lowest BCUT2D eigenvalue weighted by molar-refractivity contribution is -0.129. The van der Waals surface area contributed by atoms with Crippen molar-refractivity contribution in [2.75, 3.05) is 33.3 Å². The Bertz CT molecular complexity index is 603. The van der Waals surface area contributed by atoms with Gasteiger partial charge in [0.1, 0.15) is 5.75 Å². The minimum absolute atomic E-state index is 0. The predicted molar refractivity (Wildman–Crippen MR) is 102 cm³/mol. The molecule has 2 unspecified atom stereocenters. The van der Waals surface area contributed by atoms with E-state index in [4.69, 9.17) is 4.74 Å². The molecule has 0 aliphatic carbocycles. The smallest absolute Gasteiger partial charge is 0.225 e. The topological polar surface area (TPSA) is 70.7 Å². The Hall–Kier alpha value is -1.79. The lowest BCUT2D eigenvalue weighted by Gasteiger charge is -2.17. The van der Waals surface area contributed by atoms with Crippen molar-refractivity contribution in [1.29, 1.82) is 0 Å². The monoisotopic (exact) mass is 381 g/mol. The molecule has 0 bridgehead atoms. The number of nitrogens with one attached hydrogen (secondary N) is 2. The number of carbonyl (C=O) groups excluding carboxylic acids is 2. The van der Waals surface area contributed by atoms with Crippen molar-refractivity contribution in [3.63, 3.8) is 0 Å². The van der Waals surface area contributed by atoms with Crippen LogP contribution in [0.15, 0.2) is 24.3 Å². The van der Waals surface area contributed by atoms with Gasteiger partial charge in [-0.15, -0.1) is 12.4 Å². The average Bonchev–Trinajstić information content (AvgIpc) is 3.26. The molecule has 2 aliphatic rings. The fraction of sp³-hybridized carbons (Fsp3) is 0.579. The number of rotatable bonds is 7. The van der Waals surface area contributed by atoms with Gasteiger partial charge >= 0.3 is 0 Å². The van der Waals surface area contributed by atoms with E-state index in [1.54, 1.807) is 12.0 Å². The second-order valence-electron chi connectivity index (χ2n) is 6.96. The highest BCUT2D eigenvalue weighted by Crippen LogP contribution is 2.21. The summed E-state index contributed by atoms with van der Waals surface area (Å²) >= 11 is 0. The quantitative estimate of drug-likeness (QED) is 0.752. The SMILES string of the molecule is COc1ccc(CN2CC(C(=O)NCCC3CCNC3)CC2=O)cc1.Cl. The lowest BCUT2D eigenvalue weighted by Crippen LogP contribution is -2.34. The number of hydrogen-bond acceptors (Lipinski definition) is 4. The molecule has 0 radical (unpaired) electrons. The Morgan fingerprint density at radius 3 is 2.77 bits per heavy atom. The molecule has 2 N–H and O–H groups in total. The van der Waals surface area contributed by atoms with E-state index >= 15 is 0 Å². The van der Waals surface area contributed by atoms with E-state index in [-0.39, 0.29) is 30.1 Å². The van der Waals surface area contributed by atoms with Gasteiger partial charge in [0.15, 0.2) is 0 Å². The number of methoxy groups -OCH3 is 1. The summed E-state index contributed by atoms with van der Waals surface area (Å²) in [6, 6.07) is 7.68. The van der Waals surface area contributed by atoms with Crippen LogP contribution in [0, 0.1) is 11.8 Å². The Kier molecular flexibility index (Phi) is 7.72. The first-order valence-electron chi connectivity index (χ1n) is 9.05. The van der Waals surface area contributed by atoms with Gasteiger partial charge in [-0.05, 0) is 49.5 Å². The van der Waals surface area contributed by atoms with E-state index < -0.39 is 0 Å². The van der Waals surface area contributed by atoms with Crippen molar-refractivity contribution in [2.45, 2.75) is 25.8 Å². The van der Waals surface area contributed by atoms with Gasteiger partial charge in [-0.2, -0.15) is 0 Å². The van der Waals surface area contributed by atoms with Gasteiger partial charge in [0.05, 0.1) is 13.0 Å². The van der Waals surface area contributed by atoms with Gasteiger partial charge < -0.3 is 20.3 Å². The molecule has 3 rings (SSSR count). The highest BCUT2D eigenvalue weighted by molar-refractivity contribution is 5.89. The van der Waals surface area contributed by atoms with Crippen molar-refractivity contribution < 1.29 is 14.3 Å². The number of amides is 2. The average molecular weight is 382 g/mol. The molecule has 6 nitrogen and oxygen atoms in total. The number of benzene rings is 1. The fourth-order valence-electron chi connectivity index (χ4n) is 3.56. The summed E-state index contributed by atoms with van der Waals surface area (Å²) in [7, 11) is 1.63. The predicted octanol–water partition coefficient (Wildman–Crippen LogP) is 1.58. The summed E-state index contributed by atoms with van der Waals surface area (Å²) in [4.78, 5) is 26.3. The van der Waals surface area contributed by atoms with Crippen LogP contribution in [0.2, 0.25) is 0 Å². The molecule has 2 atom stereocenters. The molecular formula is C19H28ClN3O3. The second kappa shape index (κ2) is 9.78. The number of nitrogens with zero attached hydrogens (tertiary/aromatic N) is 1. The maximum absolute atomic E-state index is 12.3. The summed E-state index contributed by atoms with van der Waals surface area (Å²) in [6.07, 6.45) is 2.51. The summed E-state index contributed by atoms with van der Waals surface area (Å²) in [5.74, 6) is 1.29. The molecule has 26 heavy (non-hydrogen) atoms. The Labute approximate surface area is 161 Å². The van der Waals surface area contributed by atoms with E-state index in [0.717, 1.165) is 30.8 Å². The first-order chi connectivity index (χ1) is 12.2. The highest BCUT2D eigenvalue weighted by Gasteiger charge is 2.34. The Morgan fingerprint density at radius 2 is 2.12 bits per heavy atom. The molecule has 2 heterocycles. The normalized spacial score (nSPS) is 22.2. The van der Waals surface area contributed by atoms with E-state index in [0.29, 0.717) is 32.0 Å². The van der Waals surface area contributed by atoms with Gasteiger partial charge in [0.2, 0.25) is 11.8 Å². The van der Waals surface area contributed by atoms with Crippen molar-refractivity contribution in [1.82, 2.24) is 15.5 Å². The van der Waals surface area contributed by atoms with Crippen LogP contribution in [0.4, 0.5) is 0 Å².